The molecule has 0 spiro atoms. The molecular weight excluding hydrogens is 195 g/mol. The molecule has 2 aromatic rings. The molecule has 0 atom stereocenters. The maximum absolute atomic E-state index is 12.6. The van der Waals surface area contributed by atoms with Gasteiger partial charge in [0.2, 0.25) is 5.95 Å². The molecule has 2 heterocycles. The average Bonchev–Trinajstić information content (AvgIpc) is 2.23. The zero-order valence-corrected chi connectivity index (χ0v) is 8.14. The molecule has 0 bridgehead atoms. The first kappa shape index (κ1) is 9.58. The van der Waals surface area contributed by atoms with E-state index in [2.05, 4.69) is 4.98 Å². The van der Waals surface area contributed by atoms with Crippen molar-refractivity contribution in [1.29, 1.82) is 0 Å². The fourth-order valence-electron chi connectivity index (χ4n) is 1.31. The van der Waals surface area contributed by atoms with Gasteiger partial charge in [0.1, 0.15) is 0 Å². The number of rotatable bonds is 1. The van der Waals surface area contributed by atoms with Crippen molar-refractivity contribution in [2.24, 2.45) is 0 Å². The minimum atomic E-state index is -0.556. The van der Waals surface area contributed by atoms with Crippen molar-refractivity contribution in [2.75, 3.05) is 0 Å². The van der Waals surface area contributed by atoms with E-state index in [1.165, 1.54) is 29.0 Å². The Kier molecular flexibility index (Phi) is 2.33. The summed E-state index contributed by atoms with van der Waals surface area (Å²) in [7, 11) is 0. The molecule has 0 aliphatic rings. The number of aryl methyl sites for hydroxylation is 1. The highest BCUT2D eigenvalue weighted by molar-refractivity contribution is 5.29. The van der Waals surface area contributed by atoms with Crippen LogP contribution in [0.2, 0.25) is 0 Å². The summed E-state index contributed by atoms with van der Waals surface area (Å²) in [5.74, 6) is -0.556. The summed E-state index contributed by atoms with van der Waals surface area (Å²) in [5, 5.41) is 0. The third kappa shape index (κ3) is 1.93. The third-order valence-electron chi connectivity index (χ3n) is 2.05. The van der Waals surface area contributed by atoms with Gasteiger partial charge in [-0.1, -0.05) is 6.07 Å². The van der Waals surface area contributed by atoms with Gasteiger partial charge in [0.15, 0.2) is 0 Å². The molecule has 0 aliphatic heterocycles. The SMILES string of the molecule is Cc1ccc(=O)n(-c2ccc(F)nc2)c1. The molecule has 76 valence electrons. The van der Waals surface area contributed by atoms with E-state index in [1.807, 2.05) is 6.92 Å². The van der Waals surface area contributed by atoms with E-state index in [4.69, 9.17) is 0 Å². The first-order chi connectivity index (χ1) is 7.16. The lowest BCUT2D eigenvalue weighted by atomic mass is 10.3. The Hall–Kier alpha value is -1.97. The molecule has 0 saturated heterocycles. The Morgan fingerprint density at radius 3 is 2.73 bits per heavy atom. The van der Waals surface area contributed by atoms with Crippen LogP contribution in [-0.2, 0) is 0 Å². The zero-order valence-electron chi connectivity index (χ0n) is 8.14. The molecule has 0 aliphatic carbocycles. The van der Waals surface area contributed by atoms with Crippen molar-refractivity contribution in [3.05, 3.63) is 58.5 Å². The van der Waals surface area contributed by atoms with E-state index in [-0.39, 0.29) is 5.56 Å². The molecule has 0 aromatic carbocycles. The molecule has 15 heavy (non-hydrogen) atoms. The van der Waals surface area contributed by atoms with Crippen molar-refractivity contribution in [2.45, 2.75) is 6.92 Å². The van der Waals surface area contributed by atoms with Gasteiger partial charge in [0.05, 0.1) is 11.9 Å². The number of hydrogen-bond donors (Lipinski definition) is 0. The third-order valence-corrected chi connectivity index (χ3v) is 2.05. The summed E-state index contributed by atoms with van der Waals surface area (Å²) in [6, 6.07) is 5.95. The highest BCUT2D eigenvalue weighted by Gasteiger charge is 2.00. The summed E-state index contributed by atoms with van der Waals surface area (Å²) < 4.78 is 14.0. The van der Waals surface area contributed by atoms with Crippen LogP contribution in [0.5, 0.6) is 0 Å². The van der Waals surface area contributed by atoms with Gasteiger partial charge in [-0.05, 0) is 24.6 Å². The maximum Gasteiger partial charge on any atom is 0.255 e. The number of halogens is 1. The Labute approximate surface area is 85.8 Å². The van der Waals surface area contributed by atoms with Crippen LogP contribution in [0.3, 0.4) is 0 Å². The molecule has 2 rings (SSSR count). The van der Waals surface area contributed by atoms with Gasteiger partial charge in [-0.2, -0.15) is 4.39 Å². The molecule has 4 heteroatoms. The van der Waals surface area contributed by atoms with E-state index in [1.54, 1.807) is 12.3 Å². The molecule has 2 aromatic heterocycles. The molecule has 0 fully saturated rings. The predicted molar refractivity (Wildman–Crippen MR) is 54.5 cm³/mol. The molecule has 0 unspecified atom stereocenters. The van der Waals surface area contributed by atoms with Crippen molar-refractivity contribution >= 4 is 0 Å². The highest BCUT2D eigenvalue weighted by atomic mass is 19.1. The summed E-state index contributed by atoms with van der Waals surface area (Å²) in [5.41, 5.74) is 1.36. The maximum atomic E-state index is 12.6. The topological polar surface area (TPSA) is 34.9 Å². The van der Waals surface area contributed by atoms with Crippen LogP contribution in [0.25, 0.3) is 5.69 Å². The van der Waals surface area contributed by atoms with Crippen molar-refractivity contribution < 1.29 is 4.39 Å². The first-order valence-electron chi connectivity index (χ1n) is 4.48. The second-order valence-electron chi connectivity index (χ2n) is 3.25. The summed E-state index contributed by atoms with van der Waals surface area (Å²) in [6.07, 6.45) is 3.02. The summed E-state index contributed by atoms with van der Waals surface area (Å²) >= 11 is 0. The quantitative estimate of drug-likeness (QED) is 0.662. The lowest BCUT2D eigenvalue weighted by molar-refractivity contribution is 0.583. The summed E-state index contributed by atoms with van der Waals surface area (Å²) in [6.45, 7) is 1.88. The molecule has 0 amide bonds. The Morgan fingerprint density at radius 1 is 1.27 bits per heavy atom. The van der Waals surface area contributed by atoms with Gasteiger partial charge in [-0.3, -0.25) is 9.36 Å². The van der Waals surface area contributed by atoms with Crippen molar-refractivity contribution in [1.82, 2.24) is 9.55 Å². The van der Waals surface area contributed by atoms with Crippen LogP contribution in [0.1, 0.15) is 5.56 Å². The van der Waals surface area contributed by atoms with Gasteiger partial charge < -0.3 is 0 Å². The van der Waals surface area contributed by atoms with Crippen LogP contribution in [0, 0.1) is 12.9 Å². The second-order valence-corrected chi connectivity index (χ2v) is 3.25. The van der Waals surface area contributed by atoms with Crippen LogP contribution in [-0.4, -0.2) is 9.55 Å². The average molecular weight is 204 g/mol. The number of hydrogen-bond acceptors (Lipinski definition) is 2. The van der Waals surface area contributed by atoms with E-state index >= 15 is 0 Å². The second kappa shape index (κ2) is 3.65. The first-order valence-corrected chi connectivity index (χ1v) is 4.48. The van der Waals surface area contributed by atoms with Crippen molar-refractivity contribution in [3.8, 4) is 5.69 Å². The van der Waals surface area contributed by atoms with E-state index in [0.29, 0.717) is 5.69 Å². The number of pyridine rings is 2. The number of aromatic nitrogens is 2. The van der Waals surface area contributed by atoms with Gasteiger partial charge in [0, 0.05) is 12.3 Å². The summed E-state index contributed by atoms with van der Waals surface area (Å²) in [4.78, 5) is 15.0. The molecule has 0 saturated carbocycles. The lowest BCUT2D eigenvalue weighted by Gasteiger charge is -2.05. The normalized spacial score (nSPS) is 10.3. The minimum Gasteiger partial charge on any atom is -0.282 e. The fourth-order valence-corrected chi connectivity index (χ4v) is 1.31. The minimum absolute atomic E-state index is 0.158. The number of nitrogens with zero attached hydrogens (tertiary/aromatic N) is 2. The fraction of sp³-hybridized carbons (Fsp3) is 0.0909. The Bertz CT molecular complexity index is 531. The lowest BCUT2D eigenvalue weighted by Crippen LogP contribution is -2.16. The highest BCUT2D eigenvalue weighted by Crippen LogP contribution is 2.04. The van der Waals surface area contributed by atoms with E-state index in [0.717, 1.165) is 5.56 Å². The molecule has 3 nitrogen and oxygen atoms in total. The Balaban J connectivity index is 2.58. The molecule has 0 N–H and O–H groups in total. The predicted octanol–water partition coefficient (Wildman–Crippen LogP) is 1.68. The molecule has 0 radical (unpaired) electrons. The largest absolute Gasteiger partial charge is 0.282 e. The van der Waals surface area contributed by atoms with Gasteiger partial charge in [0.25, 0.3) is 5.56 Å². The van der Waals surface area contributed by atoms with Gasteiger partial charge in [-0.15, -0.1) is 0 Å². The van der Waals surface area contributed by atoms with E-state index < -0.39 is 5.95 Å². The zero-order chi connectivity index (χ0) is 10.8. The smallest absolute Gasteiger partial charge is 0.255 e. The standard InChI is InChI=1S/C11H9FN2O/c1-8-2-5-11(15)14(7-8)9-3-4-10(12)13-6-9/h2-7H,1H3. The van der Waals surface area contributed by atoms with Gasteiger partial charge >= 0.3 is 0 Å². The monoisotopic (exact) mass is 204 g/mol. The van der Waals surface area contributed by atoms with Crippen LogP contribution >= 0.6 is 0 Å². The van der Waals surface area contributed by atoms with Crippen LogP contribution < -0.4 is 5.56 Å². The van der Waals surface area contributed by atoms with Crippen LogP contribution in [0.4, 0.5) is 4.39 Å². The Morgan fingerprint density at radius 2 is 2.07 bits per heavy atom. The van der Waals surface area contributed by atoms with Crippen LogP contribution in [0.15, 0.2) is 41.5 Å². The van der Waals surface area contributed by atoms with Gasteiger partial charge in [-0.25, -0.2) is 4.98 Å². The van der Waals surface area contributed by atoms with E-state index in [9.17, 15) is 9.18 Å². The van der Waals surface area contributed by atoms with Crippen molar-refractivity contribution in [3.63, 3.8) is 0 Å². The molecular formula is C11H9FN2O.